The first-order chi connectivity index (χ1) is 8.22. The van der Waals surface area contributed by atoms with E-state index in [4.69, 9.17) is 5.11 Å². The standard InChI is InChI=1S/C14H16N2O/c1-11-5-3-4-6-14(11)16(2)13-7-8-15-12(9-13)10-17/h3-9,17H,10H2,1-2H3. The predicted molar refractivity (Wildman–Crippen MR) is 69.4 cm³/mol. The Balaban J connectivity index is 2.37. The van der Waals surface area contributed by atoms with Crippen LogP contribution in [0, 0.1) is 6.92 Å². The first kappa shape index (κ1) is 11.6. The minimum Gasteiger partial charge on any atom is -0.390 e. The lowest BCUT2D eigenvalue weighted by atomic mass is 10.1. The van der Waals surface area contributed by atoms with E-state index in [1.807, 2.05) is 31.3 Å². The van der Waals surface area contributed by atoms with Crippen molar-refractivity contribution in [2.24, 2.45) is 0 Å². The Morgan fingerprint density at radius 1 is 1.24 bits per heavy atom. The van der Waals surface area contributed by atoms with Crippen molar-refractivity contribution in [3.63, 3.8) is 0 Å². The molecule has 0 bridgehead atoms. The molecule has 0 saturated heterocycles. The van der Waals surface area contributed by atoms with Gasteiger partial charge in [-0.05, 0) is 30.7 Å². The van der Waals surface area contributed by atoms with Crippen molar-refractivity contribution >= 4 is 11.4 Å². The number of benzene rings is 1. The quantitative estimate of drug-likeness (QED) is 0.877. The summed E-state index contributed by atoms with van der Waals surface area (Å²) in [5, 5.41) is 9.09. The molecule has 0 unspecified atom stereocenters. The number of aliphatic hydroxyl groups excluding tert-OH is 1. The lowest BCUT2D eigenvalue weighted by Gasteiger charge is -2.21. The van der Waals surface area contributed by atoms with Gasteiger partial charge in [0.15, 0.2) is 0 Å². The molecule has 0 spiro atoms. The van der Waals surface area contributed by atoms with Gasteiger partial charge in [-0.25, -0.2) is 0 Å². The number of para-hydroxylation sites is 1. The average Bonchev–Trinajstić information content (AvgIpc) is 2.38. The van der Waals surface area contributed by atoms with Gasteiger partial charge in [0.1, 0.15) is 0 Å². The fourth-order valence-electron chi connectivity index (χ4n) is 1.84. The van der Waals surface area contributed by atoms with Crippen LogP contribution in [-0.4, -0.2) is 17.1 Å². The van der Waals surface area contributed by atoms with Crippen LogP contribution in [0.25, 0.3) is 0 Å². The summed E-state index contributed by atoms with van der Waals surface area (Å²) < 4.78 is 0. The van der Waals surface area contributed by atoms with Crippen molar-refractivity contribution in [3.05, 3.63) is 53.9 Å². The predicted octanol–water partition coefficient (Wildman–Crippen LogP) is 2.65. The molecule has 1 aromatic carbocycles. The fraction of sp³-hybridized carbons (Fsp3) is 0.214. The molecular formula is C14H16N2O. The first-order valence-corrected chi connectivity index (χ1v) is 5.57. The number of aromatic nitrogens is 1. The number of nitrogens with zero attached hydrogens (tertiary/aromatic N) is 2. The Morgan fingerprint density at radius 3 is 2.71 bits per heavy atom. The molecule has 3 nitrogen and oxygen atoms in total. The van der Waals surface area contributed by atoms with E-state index in [2.05, 4.69) is 28.9 Å². The van der Waals surface area contributed by atoms with E-state index in [0.717, 1.165) is 11.4 Å². The van der Waals surface area contributed by atoms with Crippen molar-refractivity contribution in [1.29, 1.82) is 0 Å². The molecule has 1 N–H and O–H groups in total. The van der Waals surface area contributed by atoms with Crippen LogP contribution in [0.5, 0.6) is 0 Å². The minimum atomic E-state index is -0.0323. The van der Waals surface area contributed by atoms with Crippen molar-refractivity contribution in [2.75, 3.05) is 11.9 Å². The van der Waals surface area contributed by atoms with Gasteiger partial charge in [0.05, 0.1) is 12.3 Å². The molecule has 88 valence electrons. The molecule has 0 amide bonds. The van der Waals surface area contributed by atoms with Gasteiger partial charge in [-0.3, -0.25) is 4.98 Å². The van der Waals surface area contributed by atoms with E-state index >= 15 is 0 Å². The van der Waals surface area contributed by atoms with Crippen molar-refractivity contribution < 1.29 is 5.11 Å². The summed E-state index contributed by atoms with van der Waals surface area (Å²) in [7, 11) is 2.01. The highest BCUT2D eigenvalue weighted by Gasteiger charge is 2.06. The minimum absolute atomic E-state index is 0.0323. The highest BCUT2D eigenvalue weighted by molar-refractivity contribution is 5.65. The smallest absolute Gasteiger partial charge is 0.0853 e. The van der Waals surface area contributed by atoms with Gasteiger partial charge in [0, 0.05) is 24.6 Å². The topological polar surface area (TPSA) is 36.4 Å². The van der Waals surface area contributed by atoms with E-state index in [0.29, 0.717) is 5.69 Å². The summed E-state index contributed by atoms with van der Waals surface area (Å²) in [5.74, 6) is 0. The Hall–Kier alpha value is -1.87. The Morgan fingerprint density at radius 2 is 2.00 bits per heavy atom. The zero-order chi connectivity index (χ0) is 12.3. The molecule has 1 heterocycles. The highest BCUT2D eigenvalue weighted by Crippen LogP contribution is 2.26. The van der Waals surface area contributed by atoms with Gasteiger partial charge in [0.25, 0.3) is 0 Å². The molecule has 0 fully saturated rings. The molecule has 0 aliphatic rings. The van der Waals surface area contributed by atoms with Crippen molar-refractivity contribution in [1.82, 2.24) is 4.98 Å². The van der Waals surface area contributed by atoms with Crippen LogP contribution in [0.3, 0.4) is 0 Å². The number of hydrogen-bond donors (Lipinski definition) is 1. The zero-order valence-electron chi connectivity index (χ0n) is 10.1. The maximum Gasteiger partial charge on any atom is 0.0853 e. The number of aliphatic hydroxyl groups is 1. The molecular weight excluding hydrogens is 212 g/mol. The lowest BCUT2D eigenvalue weighted by molar-refractivity contribution is 0.277. The molecule has 2 rings (SSSR count). The molecule has 0 aliphatic carbocycles. The Bertz CT molecular complexity index is 511. The molecule has 0 radical (unpaired) electrons. The summed E-state index contributed by atoms with van der Waals surface area (Å²) in [6, 6.07) is 12.0. The normalized spacial score (nSPS) is 10.3. The van der Waals surface area contributed by atoms with Crippen molar-refractivity contribution in [2.45, 2.75) is 13.5 Å². The molecule has 0 aliphatic heterocycles. The summed E-state index contributed by atoms with van der Waals surface area (Å²) in [6.45, 7) is 2.05. The molecule has 0 saturated carbocycles. The SMILES string of the molecule is Cc1ccccc1N(C)c1ccnc(CO)c1. The summed E-state index contributed by atoms with van der Waals surface area (Å²) in [6.07, 6.45) is 1.72. The van der Waals surface area contributed by atoms with E-state index in [1.54, 1.807) is 6.20 Å². The summed E-state index contributed by atoms with van der Waals surface area (Å²) >= 11 is 0. The second-order valence-corrected chi connectivity index (χ2v) is 4.01. The third-order valence-electron chi connectivity index (χ3n) is 2.83. The largest absolute Gasteiger partial charge is 0.390 e. The van der Waals surface area contributed by atoms with E-state index in [1.165, 1.54) is 5.56 Å². The highest BCUT2D eigenvalue weighted by atomic mass is 16.3. The van der Waals surface area contributed by atoms with Crippen LogP contribution >= 0.6 is 0 Å². The molecule has 1 aromatic heterocycles. The molecule has 3 heteroatoms. The van der Waals surface area contributed by atoms with Gasteiger partial charge in [-0.15, -0.1) is 0 Å². The second kappa shape index (κ2) is 4.97. The van der Waals surface area contributed by atoms with Crippen LogP contribution in [0.15, 0.2) is 42.6 Å². The average molecular weight is 228 g/mol. The fourth-order valence-corrected chi connectivity index (χ4v) is 1.84. The Kier molecular flexibility index (Phi) is 3.40. The van der Waals surface area contributed by atoms with Crippen LogP contribution in [0.2, 0.25) is 0 Å². The molecule has 0 atom stereocenters. The van der Waals surface area contributed by atoms with E-state index in [9.17, 15) is 0 Å². The van der Waals surface area contributed by atoms with Crippen LogP contribution < -0.4 is 4.90 Å². The number of aryl methyl sites for hydroxylation is 1. The summed E-state index contributed by atoms with van der Waals surface area (Å²) in [5.41, 5.74) is 4.08. The number of hydrogen-bond acceptors (Lipinski definition) is 3. The maximum atomic E-state index is 9.09. The second-order valence-electron chi connectivity index (χ2n) is 4.01. The number of anilines is 2. The maximum absolute atomic E-state index is 9.09. The summed E-state index contributed by atoms with van der Waals surface area (Å²) in [4.78, 5) is 6.17. The lowest BCUT2D eigenvalue weighted by Crippen LogP contribution is -2.11. The van der Waals surface area contributed by atoms with Crippen LogP contribution in [-0.2, 0) is 6.61 Å². The van der Waals surface area contributed by atoms with Gasteiger partial charge < -0.3 is 10.0 Å². The molecule has 2 aromatic rings. The van der Waals surface area contributed by atoms with Gasteiger partial charge in [0.2, 0.25) is 0 Å². The Labute approximate surface area is 101 Å². The third-order valence-corrected chi connectivity index (χ3v) is 2.83. The van der Waals surface area contributed by atoms with Gasteiger partial charge >= 0.3 is 0 Å². The third kappa shape index (κ3) is 2.45. The van der Waals surface area contributed by atoms with Gasteiger partial charge in [-0.2, -0.15) is 0 Å². The van der Waals surface area contributed by atoms with E-state index < -0.39 is 0 Å². The van der Waals surface area contributed by atoms with Crippen LogP contribution in [0.4, 0.5) is 11.4 Å². The number of rotatable bonds is 3. The number of pyridine rings is 1. The first-order valence-electron chi connectivity index (χ1n) is 5.57. The van der Waals surface area contributed by atoms with Crippen LogP contribution in [0.1, 0.15) is 11.3 Å². The monoisotopic (exact) mass is 228 g/mol. The zero-order valence-corrected chi connectivity index (χ0v) is 10.1. The van der Waals surface area contributed by atoms with Gasteiger partial charge in [-0.1, -0.05) is 18.2 Å². The van der Waals surface area contributed by atoms with E-state index in [-0.39, 0.29) is 6.61 Å². The molecule has 17 heavy (non-hydrogen) atoms. The van der Waals surface area contributed by atoms with Crippen molar-refractivity contribution in [3.8, 4) is 0 Å².